The number of nitrogens with zero attached hydrogens (tertiary/aromatic N) is 2. The Morgan fingerprint density at radius 1 is 1.47 bits per heavy atom. The van der Waals surface area contributed by atoms with Crippen LogP contribution in [0.25, 0.3) is 0 Å². The quantitative estimate of drug-likeness (QED) is 0.431. The molecule has 8 nitrogen and oxygen atoms in total. The number of hydrazine groups is 1. The lowest BCUT2D eigenvalue weighted by Crippen LogP contribution is -2.32. The number of nitrogen functional groups attached to an aromatic ring is 1. The van der Waals surface area contributed by atoms with Crippen molar-refractivity contribution in [3.05, 3.63) is 11.1 Å². The van der Waals surface area contributed by atoms with Gasteiger partial charge in [-0.3, -0.25) is 15.0 Å². The summed E-state index contributed by atoms with van der Waals surface area (Å²) in [7, 11) is 0. The van der Waals surface area contributed by atoms with Crippen molar-refractivity contribution in [3.63, 3.8) is 0 Å². The maximum absolute atomic E-state index is 11.5. The van der Waals surface area contributed by atoms with Gasteiger partial charge in [-0.2, -0.15) is 0 Å². The minimum absolute atomic E-state index is 0.0181. The first-order valence-electron chi connectivity index (χ1n) is 4.62. The first kappa shape index (κ1) is 11.5. The smallest absolute Gasteiger partial charge is 0.323 e. The number of anilines is 1. The summed E-state index contributed by atoms with van der Waals surface area (Å²) in [5.74, 6) is 3.17. The Balaban J connectivity index is 2.06. The summed E-state index contributed by atoms with van der Waals surface area (Å²) in [4.78, 5) is 42.3. The van der Waals surface area contributed by atoms with Crippen LogP contribution < -0.4 is 11.3 Å². The second-order valence-electron chi connectivity index (χ2n) is 3.14. The van der Waals surface area contributed by atoms with Crippen molar-refractivity contribution >= 4 is 34.3 Å². The van der Waals surface area contributed by atoms with Crippen molar-refractivity contribution in [3.8, 4) is 0 Å². The Labute approximate surface area is 99.3 Å². The van der Waals surface area contributed by atoms with Crippen LogP contribution in [0.2, 0.25) is 0 Å². The van der Waals surface area contributed by atoms with E-state index in [1.807, 2.05) is 0 Å². The second-order valence-corrected chi connectivity index (χ2v) is 4.00. The summed E-state index contributed by atoms with van der Waals surface area (Å²) in [6.45, 7) is 0. The zero-order valence-corrected chi connectivity index (χ0v) is 9.32. The lowest BCUT2D eigenvalue weighted by atomic mass is 10.4. The standard InChI is InChI=1S/C8H8N4O4S/c9-11-8-10-4(3-17-8)7(15)16-12-5(13)1-2-6(12)14/h3H,1-2,9H2,(H,10,11). The molecule has 2 heterocycles. The number of carbonyl (C=O) groups excluding carboxylic acids is 3. The molecular weight excluding hydrogens is 248 g/mol. The number of hydrogen-bond donors (Lipinski definition) is 2. The first-order valence-corrected chi connectivity index (χ1v) is 5.50. The highest BCUT2D eigenvalue weighted by Gasteiger charge is 2.33. The predicted octanol–water partition coefficient (Wildman–Crippen LogP) is -0.351. The highest BCUT2D eigenvalue weighted by atomic mass is 32.1. The van der Waals surface area contributed by atoms with Gasteiger partial charge in [0.15, 0.2) is 10.8 Å². The number of hydrogen-bond acceptors (Lipinski definition) is 8. The number of carbonyl (C=O) groups is 3. The minimum atomic E-state index is -0.869. The Hall–Kier alpha value is -2.00. The zero-order chi connectivity index (χ0) is 12.4. The molecular formula is C8H8N4O4S. The number of nitrogens with two attached hydrogens (primary N) is 1. The summed E-state index contributed by atoms with van der Waals surface area (Å²) >= 11 is 1.10. The highest BCUT2D eigenvalue weighted by molar-refractivity contribution is 7.13. The molecule has 1 aromatic rings. The first-order chi connectivity index (χ1) is 8.11. The molecule has 17 heavy (non-hydrogen) atoms. The van der Waals surface area contributed by atoms with Crippen molar-refractivity contribution in [1.29, 1.82) is 0 Å². The van der Waals surface area contributed by atoms with E-state index < -0.39 is 17.8 Å². The topological polar surface area (TPSA) is 115 Å². The van der Waals surface area contributed by atoms with E-state index in [0.717, 1.165) is 11.3 Å². The molecule has 0 unspecified atom stereocenters. The molecule has 1 aromatic heterocycles. The van der Waals surface area contributed by atoms with Crippen molar-refractivity contribution in [2.24, 2.45) is 5.84 Å². The molecule has 2 rings (SSSR count). The van der Waals surface area contributed by atoms with E-state index in [2.05, 4.69) is 15.2 Å². The molecule has 0 aromatic carbocycles. The van der Waals surface area contributed by atoms with Crippen LogP contribution in [0, 0.1) is 0 Å². The van der Waals surface area contributed by atoms with Gasteiger partial charge < -0.3 is 4.84 Å². The summed E-state index contributed by atoms with van der Waals surface area (Å²) in [5, 5.41) is 2.20. The SMILES string of the molecule is NNc1nc(C(=O)ON2C(=O)CCC2=O)cs1. The van der Waals surface area contributed by atoms with Gasteiger partial charge >= 0.3 is 5.97 Å². The molecule has 0 radical (unpaired) electrons. The van der Waals surface area contributed by atoms with Crippen LogP contribution in [-0.2, 0) is 14.4 Å². The minimum Gasteiger partial charge on any atom is -0.323 e. The maximum atomic E-state index is 11.5. The molecule has 1 fully saturated rings. The van der Waals surface area contributed by atoms with Crippen molar-refractivity contribution < 1.29 is 19.2 Å². The Bertz CT molecular complexity index is 470. The highest BCUT2D eigenvalue weighted by Crippen LogP contribution is 2.17. The van der Waals surface area contributed by atoms with E-state index in [9.17, 15) is 14.4 Å². The van der Waals surface area contributed by atoms with E-state index in [4.69, 9.17) is 5.84 Å². The third-order valence-corrected chi connectivity index (χ3v) is 2.79. The van der Waals surface area contributed by atoms with Gasteiger partial charge in [0.05, 0.1) is 0 Å². The molecule has 0 saturated carbocycles. The molecule has 1 saturated heterocycles. The van der Waals surface area contributed by atoms with Gasteiger partial charge in [-0.25, -0.2) is 15.6 Å². The van der Waals surface area contributed by atoms with Gasteiger partial charge in [0.25, 0.3) is 11.8 Å². The number of thiazole rings is 1. The third kappa shape index (κ3) is 2.24. The van der Waals surface area contributed by atoms with Crippen LogP contribution in [0.5, 0.6) is 0 Å². The molecule has 2 amide bonds. The number of aromatic nitrogens is 1. The van der Waals surface area contributed by atoms with Gasteiger partial charge in [0, 0.05) is 18.2 Å². The van der Waals surface area contributed by atoms with E-state index in [1.54, 1.807) is 0 Å². The Kier molecular flexibility index (Phi) is 3.02. The lowest BCUT2D eigenvalue weighted by Gasteiger charge is -2.10. The van der Waals surface area contributed by atoms with E-state index in [0.29, 0.717) is 10.2 Å². The van der Waals surface area contributed by atoms with Gasteiger partial charge in [-0.1, -0.05) is 0 Å². The van der Waals surface area contributed by atoms with Gasteiger partial charge in [-0.05, 0) is 0 Å². The van der Waals surface area contributed by atoms with Crippen LogP contribution in [-0.4, -0.2) is 27.8 Å². The van der Waals surface area contributed by atoms with E-state index >= 15 is 0 Å². The van der Waals surface area contributed by atoms with Gasteiger partial charge in [0.2, 0.25) is 0 Å². The number of rotatable bonds is 3. The summed E-state index contributed by atoms with van der Waals surface area (Å²) in [6.07, 6.45) is 0.109. The second kappa shape index (κ2) is 4.47. The number of nitrogens with one attached hydrogen (secondary N) is 1. The van der Waals surface area contributed by atoms with Crippen LogP contribution in [0.1, 0.15) is 23.3 Å². The van der Waals surface area contributed by atoms with Crippen LogP contribution >= 0.6 is 11.3 Å². The number of hydroxylamine groups is 2. The van der Waals surface area contributed by atoms with Crippen molar-refractivity contribution in [2.75, 3.05) is 5.43 Å². The van der Waals surface area contributed by atoms with Crippen molar-refractivity contribution in [2.45, 2.75) is 12.8 Å². The lowest BCUT2D eigenvalue weighted by molar-refractivity contribution is -0.172. The Morgan fingerprint density at radius 2 is 2.12 bits per heavy atom. The molecule has 1 aliphatic heterocycles. The maximum Gasteiger partial charge on any atom is 0.383 e. The fourth-order valence-electron chi connectivity index (χ4n) is 1.22. The number of imide groups is 1. The molecule has 0 aliphatic carbocycles. The fourth-order valence-corrected chi connectivity index (χ4v) is 1.81. The number of amides is 2. The predicted molar refractivity (Wildman–Crippen MR) is 56.4 cm³/mol. The van der Waals surface area contributed by atoms with Crippen molar-refractivity contribution in [1.82, 2.24) is 10.0 Å². The van der Waals surface area contributed by atoms with E-state index in [-0.39, 0.29) is 18.5 Å². The fraction of sp³-hybridized carbons (Fsp3) is 0.250. The van der Waals surface area contributed by atoms with Crippen LogP contribution in [0.3, 0.4) is 0 Å². The summed E-state index contributed by atoms with van der Waals surface area (Å²) in [6, 6.07) is 0. The van der Waals surface area contributed by atoms with Crippen LogP contribution in [0.15, 0.2) is 5.38 Å². The average molecular weight is 256 g/mol. The molecule has 0 bridgehead atoms. The average Bonchev–Trinajstić information content (AvgIpc) is 2.90. The van der Waals surface area contributed by atoms with Crippen LogP contribution in [0.4, 0.5) is 5.13 Å². The summed E-state index contributed by atoms with van der Waals surface area (Å²) < 4.78 is 0. The van der Waals surface area contributed by atoms with Gasteiger partial charge in [0.1, 0.15) is 0 Å². The molecule has 0 atom stereocenters. The Morgan fingerprint density at radius 3 is 2.65 bits per heavy atom. The van der Waals surface area contributed by atoms with Gasteiger partial charge in [-0.15, -0.1) is 16.4 Å². The monoisotopic (exact) mass is 256 g/mol. The molecule has 0 spiro atoms. The van der Waals surface area contributed by atoms with E-state index in [1.165, 1.54) is 5.38 Å². The zero-order valence-electron chi connectivity index (χ0n) is 8.50. The molecule has 3 N–H and O–H groups in total. The molecule has 90 valence electrons. The summed E-state index contributed by atoms with van der Waals surface area (Å²) in [5.41, 5.74) is 2.25. The third-order valence-electron chi connectivity index (χ3n) is 2.02. The molecule has 1 aliphatic rings. The molecule has 9 heteroatoms. The normalized spacial score (nSPS) is 15.2. The largest absolute Gasteiger partial charge is 0.383 e.